The molecule has 6 N–H and O–H groups in total. The van der Waals surface area contributed by atoms with Crippen molar-refractivity contribution >= 4 is 55.6 Å². The third-order valence-corrected chi connectivity index (χ3v) is 7.55. The number of halogens is 1. The zero-order chi connectivity index (χ0) is 25.6. The fraction of sp³-hybridized carbons (Fsp3) is 0.136. The molecular formula is C22H20ClN8O3PS. The smallest absolute Gasteiger partial charge is 0.345 e. The number of aromatic carboxylic acids is 1. The second kappa shape index (κ2) is 9.47. The number of anilines is 1. The van der Waals surface area contributed by atoms with Gasteiger partial charge >= 0.3 is 5.97 Å². The molecule has 3 aromatic heterocycles. The minimum atomic E-state index is -0.981. The van der Waals surface area contributed by atoms with Gasteiger partial charge in [-0.15, -0.1) is 11.3 Å². The fourth-order valence-corrected chi connectivity index (χ4v) is 5.75. The molecule has 36 heavy (non-hydrogen) atoms. The van der Waals surface area contributed by atoms with E-state index < -0.39 is 5.97 Å². The molecule has 1 aliphatic rings. The predicted molar refractivity (Wildman–Crippen MR) is 143 cm³/mol. The summed E-state index contributed by atoms with van der Waals surface area (Å²) in [5.74, 6) is 11.5. The summed E-state index contributed by atoms with van der Waals surface area (Å²) < 4.78 is 1.62. The highest BCUT2D eigenvalue weighted by Crippen LogP contribution is 2.34. The summed E-state index contributed by atoms with van der Waals surface area (Å²) >= 11 is 7.37. The topological polar surface area (TPSA) is 169 Å². The molecule has 0 radical (unpaired) electrons. The lowest BCUT2D eigenvalue weighted by Gasteiger charge is -2.18. The number of nitrogens with zero attached hydrogens (tertiary/aromatic N) is 5. The van der Waals surface area contributed by atoms with Crippen LogP contribution in [0.1, 0.15) is 33.8 Å². The van der Waals surface area contributed by atoms with E-state index in [9.17, 15) is 14.7 Å². The molecule has 0 spiro atoms. The van der Waals surface area contributed by atoms with Crippen molar-refractivity contribution in [3.63, 3.8) is 0 Å². The van der Waals surface area contributed by atoms with E-state index in [1.807, 2.05) is 0 Å². The molecule has 1 aliphatic heterocycles. The Morgan fingerprint density at radius 2 is 2.14 bits per heavy atom. The van der Waals surface area contributed by atoms with Gasteiger partial charge < -0.3 is 15.9 Å². The molecule has 0 saturated heterocycles. The maximum atomic E-state index is 13.3. The minimum Gasteiger partial charge on any atom is -0.477 e. The van der Waals surface area contributed by atoms with Crippen LogP contribution in [0.2, 0.25) is 5.02 Å². The van der Waals surface area contributed by atoms with E-state index in [1.54, 1.807) is 34.9 Å². The number of H-pyrrole nitrogens is 1. The molecule has 4 heterocycles. The third kappa shape index (κ3) is 4.28. The van der Waals surface area contributed by atoms with Gasteiger partial charge in [-0.2, -0.15) is 5.10 Å². The van der Waals surface area contributed by atoms with Crippen LogP contribution in [0.5, 0.6) is 0 Å². The van der Waals surface area contributed by atoms with Gasteiger partial charge in [0.1, 0.15) is 22.9 Å². The summed E-state index contributed by atoms with van der Waals surface area (Å²) in [4.78, 5) is 38.2. The van der Waals surface area contributed by atoms with Crippen molar-refractivity contribution in [1.82, 2.24) is 19.5 Å². The maximum Gasteiger partial charge on any atom is 0.345 e. The van der Waals surface area contributed by atoms with E-state index in [0.29, 0.717) is 57.6 Å². The largest absolute Gasteiger partial charge is 0.477 e. The Hall–Kier alpha value is -3.57. The maximum absolute atomic E-state index is 13.3. The first-order valence-corrected chi connectivity index (χ1v) is 12.4. The summed E-state index contributed by atoms with van der Waals surface area (Å²) in [6, 6.07) is 9.44. The van der Waals surface area contributed by atoms with Crippen molar-refractivity contribution in [2.75, 3.05) is 5.01 Å². The lowest BCUT2D eigenvalue weighted by Crippen LogP contribution is -2.30. The number of imidazole rings is 1. The standard InChI is InChI=1S/C22H20ClN8O3PS/c23-10-1-2-13(30(25)9-26-24)11(7-10)12-8-18(32)31-14(3-6-17(31)27-12)20-28-19(21(35)29-20)15-4-5-16(36-15)22(33)34/h1-2,4-5,7-9,14H,3,6,24-25,35H2,(H,28,29)(H,33,34)/b26-9-. The number of hydrogen-bond donors (Lipinski definition) is 4. The van der Waals surface area contributed by atoms with Crippen molar-refractivity contribution in [2.24, 2.45) is 16.8 Å². The van der Waals surface area contributed by atoms with Gasteiger partial charge in [-0.1, -0.05) is 20.8 Å². The van der Waals surface area contributed by atoms with Crippen LogP contribution in [0.4, 0.5) is 5.69 Å². The van der Waals surface area contributed by atoms with Crippen LogP contribution in [-0.2, 0) is 6.42 Å². The molecule has 0 saturated carbocycles. The average molecular weight is 543 g/mol. The van der Waals surface area contributed by atoms with E-state index >= 15 is 0 Å². The number of hydrazone groups is 1. The summed E-state index contributed by atoms with van der Waals surface area (Å²) in [5.41, 5.74) is 2.62. The number of thiophene rings is 1. The number of aryl methyl sites for hydroxylation is 1. The summed E-state index contributed by atoms with van der Waals surface area (Å²) in [7, 11) is 2.56. The SMILES string of the molecule is N/N=C\N(N)c1ccc(Cl)cc1-c1cc(=O)n2c(n1)CCC2c1nc(P)c(-c2ccc(C(=O)O)s2)[nH]1. The van der Waals surface area contributed by atoms with Crippen molar-refractivity contribution in [3.8, 4) is 21.8 Å². The van der Waals surface area contributed by atoms with Crippen molar-refractivity contribution < 1.29 is 9.90 Å². The van der Waals surface area contributed by atoms with Crippen LogP contribution in [0, 0.1) is 0 Å². The number of hydrazine groups is 1. The van der Waals surface area contributed by atoms with Gasteiger partial charge in [0.05, 0.1) is 33.4 Å². The van der Waals surface area contributed by atoms with Crippen LogP contribution in [0.3, 0.4) is 0 Å². The van der Waals surface area contributed by atoms with Gasteiger partial charge in [-0.3, -0.25) is 14.4 Å². The first-order chi connectivity index (χ1) is 17.3. The molecular weight excluding hydrogens is 523 g/mol. The first-order valence-electron chi connectivity index (χ1n) is 10.7. The Morgan fingerprint density at radius 1 is 1.33 bits per heavy atom. The van der Waals surface area contributed by atoms with Crippen molar-refractivity contribution in [1.29, 1.82) is 0 Å². The van der Waals surface area contributed by atoms with Gasteiger partial charge in [0.25, 0.3) is 5.56 Å². The van der Waals surface area contributed by atoms with Gasteiger partial charge in [-0.25, -0.2) is 20.6 Å². The van der Waals surface area contributed by atoms with Crippen molar-refractivity contribution in [2.45, 2.75) is 18.9 Å². The summed E-state index contributed by atoms with van der Waals surface area (Å²) in [6.45, 7) is 0. The highest BCUT2D eigenvalue weighted by atomic mass is 35.5. The Bertz CT molecular complexity index is 1580. The number of nitrogens with one attached hydrogen (secondary N) is 1. The normalized spacial score (nSPS) is 14.9. The molecule has 0 aliphatic carbocycles. The minimum absolute atomic E-state index is 0.235. The molecule has 0 fully saturated rings. The molecule has 14 heteroatoms. The molecule has 184 valence electrons. The monoisotopic (exact) mass is 542 g/mol. The molecule has 0 amide bonds. The zero-order valence-electron chi connectivity index (χ0n) is 18.6. The Labute approximate surface area is 215 Å². The van der Waals surface area contributed by atoms with Crippen LogP contribution >= 0.6 is 32.2 Å². The second-order valence-electron chi connectivity index (χ2n) is 8.00. The van der Waals surface area contributed by atoms with Crippen LogP contribution in [-0.4, -0.2) is 36.9 Å². The van der Waals surface area contributed by atoms with Gasteiger partial charge in [0, 0.05) is 23.1 Å². The van der Waals surface area contributed by atoms with Gasteiger partial charge in [0.15, 0.2) is 0 Å². The van der Waals surface area contributed by atoms with E-state index in [1.165, 1.54) is 17.4 Å². The molecule has 2 unspecified atom stereocenters. The molecule has 0 bridgehead atoms. The van der Waals surface area contributed by atoms with Crippen molar-refractivity contribution in [3.05, 3.63) is 68.3 Å². The van der Waals surface area contributed by atoms with Crippen LogP contribution < -0.4 is 27.7 Å². The first kappa shape index (κ1) is 24.1. The quantitative estimate of drug-likeness (QED) is 0.0946. The number of carbonyl (C=O) groups is 1. The number of carboxylic acids is 1. The number of aromatic nitrogens is 4. The van der Waals surface area contributed by atoms with E-state index in [2.05, 4.69) is 24.3 Å². The lowest BCUT2D eigenvalue weighted by molar-refractivity contribution is 0.0702. The Kier molecular flexibility index (Phi) is 6.35. The number of nitrogens with two attached hydrogens (primary N) is 2. The average Bonchev–Trinajstić information content (AvgIpc) is 3.57. The summed E-state index contributed by atoms with van der Waals surface area (Å²) in [6.07, 6.45) is 2.42. The van der Waals surface area contributed by atoms with Crippen LogP contribution in [0.15, 0.2) is 46.3 Å². The molecule has 11 nitrogen and oxygen atoms in total. The number of carboxylic acid groups (broad SMARTS) is 1. The number of rotatable bonds is 6. The predicted octanol–water partition coefficient (Wildman–Crippen LogP) is 2.33. The second-order valence-corrected chi connectivity index (χ2v) is 10.1. The fourth-order valence-electron chi connectivity index (χ4n) is 4.25. The lowest BCUT2D eigenvalue weighted by atomic mass is 10.1. The van der Waals surface area contributed by atoms with Gasteiger partial charge in [-0.05, 0) is 36.8 Å². The number of hydrogen-bond acceptors (Lipinski definition) is 8. The van der Waals surface area contributed by atoms with E-state index in [0.717, 1.165) is 16.2 Å². The molecule has 5 rings (SSSR count). The third-order valence-electron chi connectivity index (χ3n) is 5.81. The van der Waals surface area contributed by atoms with Crippen LogP contribution in [0.25, 0.3) is 21.8 Å². The van der Waals surface area contributed by atoms with E-state index in [-0.39, 0.29) is 16.5 Å². The Balaban J connectivity index is 1.53. The number of fused-ring (bicyclic) bond motifs is 1. The number of aromatic amines is 1. The number of benzene rings is 1. The summed E-state index contributed by atoms with van der Waals surface area (Å²) in [5, 5.41) is 14.4. The highest BCUT2D eigenvalue weighted by Gasteiger charge is 2.30. The molecule has 2 atom stereocenters. The molecule has 4 aromatic rings. The van der Waals surface area contributed by atoms with E-state index in [4.69, 9.17) is 28.3 Å². The zero-order valence-corrected chi connectivity index (χ0v) is 21.3. The Morgan fingerprint density at radius 3 is 2.86 bits per heavy atom. The highest BCUT2D eigenvalue weighted by molar-refractivity contribution is 7.28. The van der Waals surface area contributed by atoms with Gasteiger partial charge in [0.2, 0.25) is 0 Å². The molecule has 1 aromatic carbocycles.